The van der Waals surface area contributed by atoms with Gasteiger partial charge in [-0.15, -0.1) is 0 Å². The van der Waals surface area contributed by atoms with Gasteiger partial charge in [-0.3, -0.25) is 14.7 Å². The molecular weight excluding hydrogens is 194 g/mol. The highest BCUT2D eigenvalue weighted by Crippen LogP contribution is 2.10. The Kier molecular flexibility index (Phi) is 2.21. The number of hydrogen-bond acceptors (Lipinski definition) is 3. The van der Waals surface area contributed by atoms with E-state index in [1.807, 2.05) is 0 Å². The summed E-state index contributed by atoms with van der Waals surface area (Å²) >= 11 is 0. The number of ketones is 1. The minimum Gasteiger partial charge on any atom is -0.350 e. The number of nitrogens with zero attached hydrogens (tertiary/aromatic N) is 1. The number of aldehydes is 1. The average Bonchev–Trinajstić information content (AvgIpc) is 2.84. The molecule has 0 amide bonds. The monoisotopic (exact) mass is 203 g/mol. The zero-order valence-corrected chi connectivity index (χ0v) is 8.07. The van der Waals surface area contributed by atoms with E-state index in [9.17, 15) is 9.59 Å². The maximum Gasteiger partial charge on any atom is 0.212 e. The Balaban J connectivity index is 2.36. The zero-order chi connectivity index (χ0) is 10.8. The minimum atomic E-state index is -0.172. The van der Waals surface area contributed by atoms with Gasteiger partial charge in [-0.05, 0) is 19.1 Å². The van der Waals surface area contributed by atoms with Crippen LogP contribution < -0.4 is 0 Å². The van der Waals surface area contributed by atoms with Crippen LogP contribution in [0.2, 0.25) is 0 Å². The molecule has 5 heteroatoms. The molecule has 76 valence electrons. The van der Waals surface area contributed by atoms with Crippen LogP contribution in [0.5, 0.6) is 0 Å². The van der Waals surface area contributed by atoms with Crippen LogP contribution in [0, 0.1) is 6.92 Å². The van der Waals surface area contributed by atoms with E-state index in [2.05, 4.69) is 15.2 Å². The number of rotatable bonds is 3. The normalized spacial score (nSPS) is 10.2. The average molecular weight is 203 g/mol. The molecule has 0 spiro atoms. The lowest BCUT2D eigenvalue weighted by Gasteiger charge is -1.94. The fourth-order valence-electron chi connectivity index (χ4n) is 1.34. The summed E-state index contributed by atoms with van der Waals surface area (Å²) in [6.45, 7) is 1.77. The number of H-pyrrole nitrogens is 2. The predicted octanol–water partition coefficient (Wildman–Crippen LogP) is 1.09. The first-order valence-electron chi connectivity index (χ1n) is 4.41. The van der Waals surface area contributed by atoms with Crippen molar-refractivity contribution in [1.82, 2.24) is 15.2 Å². The second-order valence-electron chi connectivity index (χ2n) is 3.18. The maximum atomic E-state index is 11.9. The third-order valence-electron chi connectivity index (χ3n) is 2.15. The molecule has 0 aromatic carbocycles. The molecule has 5 nitrogen and oxygen atoms in total. The summed E-state index contributed by atoms with van der Waals surface area (Å²) in [7, 11) is 0. The van der Waals surface area contributed by atoms with E-state index in [4.69, 9.17) is 0 Å². The number of carbonyl (C=O) groups is 2. The van der Waals surface area contributed by atoms with E-state index < -0.39 is 0 Å². The van der Waals surface area contributed by atoms with E-state index in [1.54, 1.807) is 19.1 Å². The number of carbonyl (C=O) groups excluding carboxylic acids is 2. The fourth-order valence-corrected chi connectivity index (χ4v) is 1.34. The molecule has 2 rings (SSSR count). The van der Waals surface area contributed by atoms with Crippen LogP contribution in [0.4, 0.5) is 0 Å². The van der Waals surface area contributed by atoms with Crippen LogP contribution >= 0.6 is 0 Å². The van der Waals surface area contributed by atoms with Gasteiger partial charge in [-0.25, -0.2) is 0 Å². The molecular formula is C10H9N3O2. The van der Waals surface area contributed by atoms with Crippen molar-refractivity contribution in [2.24, 2.45) is 0 Å². The Morgan fingerprint density at radius 2 is 2.27 bits per heavy atom. The highest BCUT2D eigenvalue weighted by molar-refractivity contribution is 6.08. The summed E-state index contributed by atoms with van der Waals surface area (Å²) in [6.07, 6.45) is 2.14. The number of aromatic nitrogens is 3. The molecule has 0 aliphatic heterocycles. The smallest absolute Gasteiger partial charge is 0.212 e. The van der Waals surface area contributed by atoms with Crippen molar-refractivity contribution in [2.75, 3.05) is 0 Å². The highest BCUT2D eigenvalue weighted by atomic mass is 16.1. The minimum absolute atomic E-state index is 0.172. The molecule has 0 atom stereocenters. The standard InChI is InChI=1S/C10H9N3O2/c1-6-8(4-11-13-6)10(15)9-3-2-7(5-14)12-9/h2-5,12H,1H3,(H,11,13). The van der Waals surface area contributed by atoms with Crippen molar-refractivity contribution >= 4 is 12.1 Å². The van der Waals surface area contributed by atoms with E-state index in [0.29, 0.717) is 28.9 Å². The maximum absolute atomic E-state index is 11.9. The molecule has 0 saturated heterocycles. The van der Waals surface area contributed by atoms with Crippen molar-refractivity contribution in [3.05, 3.63) is 41.0 Å². The predicted molar refractivity (Wildman–Crippen MR) is 52.9 cm³/mol. The first kappa shape index (κ1) is 9.39. The summed E-state index contributed by atoms with van der Waals surface area (Å²) in [6, 6.07) is 3.15. The third kappa shape index (κ3) is 1.59. The molecule has 2 N–H and O–H groups in total. The van der Waals surface area contributed by atoms with Crippen LogP contribution in [0.25, 0.3) is 0 Å². The molecule has 2 heterocycles. The number of aromatic amines is 2. The van der Waals surface area contributed by atoms with Crippen molar-refractivity contribution in [2.45, 2.75) is 6.92 Å². The molecule has 0 saturated carbocycles. The van der Waals surface area contributed by atoms with Gasteiger partial charge in [-0.2, -0.15) is 5.10 Å². The second kappa shape index (κ2) is 3.53. The van der Waals surface area contributed by atoms with Gasteiger partial charge < -0.3 is 4.98 Å². The lowest BCUT2D eigenvalue weighted by atomic mass is 10.1. The van der Waals surface area contributed by atoms with Gasteiger partial charge in [0.25, 0.3) is 0 Å². The highest BCUT2D eigenvalue weighted by Gasteiger charge is 2.14. The molecule has 2 aromatic rings. The molecule has 0 aliphatic carbocycles. The van der Waals surface area contributed by atoms with Crippen LogP contribution in [0.15, 0.2) is 18.3 Å². The van der Waals surface area contributed by atoms with E-state index in [1.165, 1.54) is 6.20 Å². The van der Waals surface area contributed by atoms with Gasteiger partial charge >= 0.3 is 0 Å². The summed E-state index contributed by atoms with van der Waals surface area (Å²) in [5.74, 6) is -0.172. The quantitative estimate of drug-likeness (QED) is 0.579. The number of nitrogens with one attached hydrogen (secondary N) is 2. The topological polar surface area (TPSA) is 78.6 Å². The fraction of sp³-hybridized carbons (Fsp3) is 0.100. The van der Waals surface area contributed by atoms with Crippen LogP contribution in [0.1, 0.15) is 32.2 Å². The molecule has 0 unspecified atom stereocenters. The van der Waals surface area contributed by atoms with Crippen molar-refractivity contribution in [1.29, 1.82) is 0 Å². The van der Waals surface area contributed by atoms with Crippen molar-refractivity contribution < 1.29 is 9.59 Å². The van der Waals surface area contributed by atoms with E-state index in [0.717, 1.165) is 0 Å². The Bertz CT molecular complexity index is 510. The van der Waals surface area contributed by atoms with E-state index >= 15 is 0 Å². The van der Waals surface area contributed by atoms with Gasteiger partial charge in [0.2, 0.25) is 5.78 Å². The first-order chi connectivity index (χ1) is 7.22. The molecule has 0 aliphatic rings. The summed E-state index contributed by atoms with van der Waals surface area (Å²) < 4.78 is 0. The van der Waals surface area contributed by atoms with Crippen molar-refractivity contribution in [3.63, 3.8) is 0 Å². The van der Waals surface area contributed by atoms with Gasteiger partial charge in [-0.1, -0.05) is 0 Å². The first-order valence-corrected chi connectivity index (χ1v) is 4.41. The SMILES string of the molecule is Cc1[nH]ncc1C(=O)c1ccc(C=O)[nH]1. The molecule has 2 aromatic heterocycles. The largest absolute Gasteiger partial charge is 0.350 e. The van der Waals surface area contributed by atoms with Crippen LogP contribution in [-0.2, 0) is 0 Å². The summed E-state index contributed by atoms with van der Waals surface area (Å²) in [5, 5.41) is 6.45. The van der Waals surface area contributed by atoms with Crippen LogP contribution in [0.3, 0.4) is 0 Å². The zero-order valence-electron chi connectivity index (χ0n) is 8.07. The lowest BCUT2D eigenvalue weighted by molar-refractivity contribution is 0.103. The molecule has 15 heavy (non-hydrogen) atoms. The Hall–Kier alpha value is -2.17. The third-order valence-corrected chi connectivity index (χ3v) is 2.15. The molecule has 0 bridgehead atoms. The number of aryl methyl sites for hydroxylation is 1. The van der Waals surface area contributed by atoms with Gasteiger partial charge in [0.15, 0.2) is 6.29 Å². The van der Waals surface area contributed by atoms with Crippen molar-refractivity contribution in [3.8, 4) is 0 Å². The Morgan fingerprint density at radius 1 is 1.47 bits per heavy atom. The summed E-state index contributed by atoms with van der Waals surface area (Å²) in [4.78, 5) is 25.0. The van der Waals surface area contributed by atoms with E-state index in [-0.39, 0.29) is 5.78 Å². The van der Waals surface area contributed by atoms with Gasteiger partial charge in [0, 0.05) is 5.69 Å². The second-order valence-corrected chi connectivity index (χ2v) is 3.18. The lowest BCUT2D eigenvalue weighted by Crippen LogP contribution is -2.02. The van der Waals surface area contributed by atoms with Gasteiger partial charge in [0.1, 0.15) is 0 Å². The Morgan fingerprint density at radius 3 is 2.80 bits per heavy atom. The van der Waals surface area contributed by atoms with Crippen LogP contribution in [-0.4, -0.2) is 27.3 Å². The summed E-state index contributed by atoms with van der Waals surface area (Å²) in [5.41, 5.74) is 2.00. The van der Waals surface area contributed by atoms with Gasteiger partial charge in [0.05, 0.1) is 23.1 Å². The molecule has 0 fully saturated rings. The molecule has 0 radical (unpaired) electrons. The number of hydrogen-bond donors (Lipinski definition) is 2. The Labute approximate surface area is 85.5 Å².